The quantitative estimate of drug-likeness (QED) is 0.336. The lowest BCUT2D eigenvalue weighted by molar-refractivity contribution is -0.122. The SMILES string of the molecule is Cc1nc(SCC(=O)NCC(=O)Nc2ccc(F)c(F)c2F)c2c(C)c(C)sc2n1. The van der Waals surface area contributed by atoms with E-state index in [1.54, 1.807) is 18.3 Å². The summed E-state index contributed by atoms with van der Waals surface area (Å²) in [6.07, 6.45) is 0. The first-order valence-corrected chi connectivity index (χ1v) is 10.5. The number of benzene rings is 1. The highest BCUT2D eigenvalue weighted by Gasteiger charge is 2.17. The molecule has 0 fully saturated rings. The Morgan fingerprint density at radius 2 is 1.80 bits per heavy atom. The normalized spacial score (nSPS) is 11.0. The van der Waals surface area contributed by atoms with Gasteiger partial charge >= 0.3 is 0 Å². The van der Waals surface area contributed by atoms with Crippen LogP contribution in [0.3, 0.4) is 0 Å². The Bertz CT molecular complexity index is 1150. The zero-order valence-electron chi connectivity index (χ0n) is 16.2. The third-order valence-corrected chi connectivity index (χ3v) is 6.28. The summed E-state index contributed by atoms with van der Waals surface area (Å²) in [4.78, 5) is 34.8. The molecular formula is C19H17F3N4O2S2. The third-order valence-electron chi connectivity index (χ3n) is 4.20. The molecule has 0 spiro atoms. The molecule has 0 bridgehead atoms. The Morgan fingerprint density at radius 3 is 2.53 bits per heavy atom. The van der Waals surface area contributed by atoms with Gasteiger partial charge in [-0.05, 0) is 38.5 Å². The van der Waals surface area contributed by atoms with Crippen molar-refractivity contribution >= 4 is 50.8 Å². The smallest absolute Gasteiger partial charge is 0.243 e. The van der Waals surface area contributed by atoms with Crippen molar-refractivity contribution in [2.45, 2.75) is 25.8 Å². The molecule has 3 aromatic rings. The maximum atomic E-state index is 13.6. The summed E-state index contributed by atoms with van der Waals surface area (Å²) in [7, 11) is 0. The molecule has 0 atom stereocenters. The number of nitrogens with zero attached hydrogens (tertiary/aromatic N) is 2. The van der Waals surface area contributed by atoms with E-state index in [2.05, 4.69) is 20.6 Å². The Balaban J connectivity index is 1.58. The largest absolute Gasteiger partial charge is 0.346 e. The van der Waals surface area contributed by atoms with Crippen molar-refractivity contribution in [3.8, 4) is 0 Å². The number of carbonyl (C=O) groups is 2. The van der Waals surface area contributed by atoms with Crippen molar-refractivity contribution in [3.63, 3.8) is 0 Å². The van der Waals surface area contributed by atoms with Crippen molar-refractivity contribution < 1.29 is 22.8 Å². The number of carbonyl (C=O) groups excluding carboxylic acids is 2. The van der Waals surface area contributed by atoms with E-state index in [4.69, 9.17) is 0 Å². The van der Waals surface area contributed by atoms with Gasteiger partial charge in [0.1, 0.15) is 15.7 Å². The zero-order chi connectivity index (χ0) is 22.0. The molecule has 0 saturated heterocycles. The number of rotatable bonds is 6. The van der Waals surface area contributed by atoms with Crippen LogP contribution < -0.4 is 10.6 Å². The van der Waals surface area contributed by atoms with E-state index in [9.17, 15) is 22.8 Å². The number of thioether (sulfide) groups is 1. The maximum absolute atomic E-state index is 13.6. The lowest BCUT2D eigenvalue weighted by atomic mass is 10.2. The number of hydrogen-bond donors (Lipinski definition) is 2. The minimum Gasteiger partial charge on any atom is -0.346 e. The molecule has 6 nitrogen and oxygen atoms in total. The van der Waals surface area contributed by atoms with Gasteiger partial charge in [0.05, 0.1) is 18.0 Å². The van der Waals surface area contributed by atoms with Crippen LogP contribution in [0.4, 0.5) is 18.9 Å². The molecule has 1 aromatic carbocycles. The summed E-state index contributed by atoms with van der Waals surface area (Å²) >= 11 is 2.78. The molecule has 0 unspecified atom stereocenters. The number of halogens is 3. The van der Waals surface area contributed by atoms with Crippen LogP contribution >= 0.6 is 23.1 Å². The summed E-state index contributed by atoms with van der Waals surface area (Å²) in [6, 6.07) is 1.60. The zero-order valence-corrected chi connectivity index (χ0v) is 17.9. The highest BCUT2D eigenvalue weighted by molar-refractivity contribution is 8.00. The Kier molecular flexibility index (Phi) is 6.61. The van der Waals surface area contributed by atoms with Crippen LogP contribution in [0.15, 0.2) is 17.2 Å². The van der Waals surface area contributed by atoms with Crippen LogP contribution in [-0.2, 0) is 9.59 Å². The molecule has 2 N–H and O–H groups in total. The summed E-state index contributed by atoms with van der Waals surface area (Å²) < 4.78 is 39.7. The molecule has 0 saturated carbocycles. The molecular weight excluding hydrogens is 437 g/mol. The van der Waals surface area contributed by atoms with Gasteiger partial charge in [-0.2, -0.15) is 0 Å². The fourth-order valence-corrected chi connectivity index (χ4v) is 4.70. The lowest BCUT2D eigenvalue weighted by Gasteiger charge is -2.09. The number of aryl methyl sites for hydroxylation is 3. The topological polar surface area (TPSA) is 84.0 Å². The van der Waals surface area contributed by atoms with Crippen LogP contribution in [0.2, 0.25) is 0 Å². The molecule has 3 rings (SSSR count). The Morgan fingerprint density at radius 1 is 1.07 bits per heavy atom. The van der Waals surface area contributed by atoms with E-state index in [0.29, 0.717) is 16.9 Å². The lowest BCUT2D eigenvalue weighted by Crippen LogP contribution is -2.34. The van der Waals surface area contributed by atoms with Crippen molar-refractivity contribution in [3.05, 3.63) is 45.8 Å². The molecule has 2 amide bonds. The number of anilines is 1. The third kappa shape index (κ3) is 4.73. The fraction of sp³-hybridized carbons (Fsp3) is 0.263. The molecule has 0 aliphatic carbocycles. The van der Waals surface area contributed by atoms with Gasteiger partial charge in [-0.3, -0.25) is 9.59 Å². The second kappa shape index (κ2) is 9.00. The molecule has 2 aromatic heterocycles. The van der Waals surface area contributed by atoms with Crippen LogP contribution in [0.5, 0.6) is 0 Å². The predicted octanol–water partition coefficient (Wildman–Crippen LogP) is 3.88. The second-order valence-corrected chi connectivity index (χ2v) is 8.54. The summed E-state index contributed by atoms with van der Waals surface area (Å²) in [5.41, 5.74) is 0.551. The Hall–Kier alpha value is -2.66. The van der Waals surface area contributed by atoms with Gasteiger partial charge in [-0.25, -0.2) is 23.1 Å². The van der Waals surface area contributed by atoms with Gasteiger partial charge < -0.3 is 10.6 Å². The number of nitrogens with one attached hydrogen (secondary N) is 2. The fourth-order valence-electron chi connectivity index (χ4n) is 2.60. The van der Waals surface area contributed by atoms with Gasteiger partial charge in [0.15, 0.2) is 17.5 Å². The van der Waals surface area contributed by atoms with Gasteiger partial charge in [0.2, 0.25) is 11.8 Å². The molecule has 0 aliphatic rings. The second-order valence-electron chi connectivity index (χ2n) is 6.38. The molecule has 0 aliphatic heterocycles. The Labute approximate surface area is 178 Å². The number of aromatic nitrogens is 2. The van der Waals surface area contributed by atoms with E-state index in [-0.39, 0.29) is 5.75 Å². The van der Waals surface area contributed by atoms with E-state index in [1.165, 1.54) is 11.8 Å². The van der Waals surface area contributed by atoms with Crippen molar-refractivity contribution in [2.75, 3.05) is 17.6 Å². The molecule has 30 heavy (non-hydrogen) atoms. The van der Waals surface area contributed by atoms with Crippen LogP contribution in [0.1, 0.15) is 16.3 Å². The first-order valence-electron chi connectivity index (χ1n) is 8.74. The van der Waals surface area contributed by atoms with E-state index < -0.39 is 41.5 Å². The van der Waals surface area contributed by atoms with Crippen molar-refractivity contribution in [1.82, 2.24) is 15.3 Å². The highest BCUT2D eigenvalue weighted by atomic mass is 32.2. The minimum absolute atomic E-state index is 0.00665. The summed E-state index contributed by atoms with van der Waals surface area (Å²) in [6.45, 7) is 5.29. The molecule has 0 radical (unpaired) electrons. The monoisotopic (exact) mass is 454 g/mol. The van der Waals surface area contributed by atoms with E-state index in [1.807, 2.05) is 13.8 Å². The minimum atomic E-state index is -1.68. The van der Waals surface area contributed by atoms with E-state index in [0.717, 1.165) is 26.7 Å². The summed E-state index contributed by atoms with van der Waals surface area (Å²) in [5.74, 6) is -5.15. The van der Waals surface area contributed by atoms with Crippen LogP contribution in [-0.4, -0.2) is 34.1 Å². The predicted molar refractivity (Wildman–Crippen MR) is 110 cm³/mol. The van der Waals surface area contributed by atoms with Gasteiger partial charge in [0, 0.05) is 10.3 Å². The molecule has 11 heteroatoms. The number of amides is 2. The van der Waals surface area contributed by atoms with Crippen molar-refractivity contribution in [1.29, 1.82) is 0 Å². The van der Waals surface area contributed by atoms with Gasteiger partial charge in [-0.15, -0.1) is 11.3 Å². The standard InChI is InChI=1S/C19H17F3N4O2S2/c1-8-9(2)30-19-15(8)18(24-10(3)25-19)29-7-14(28)23-6-13(27)26-12-5-4-11(20)16(21)17(12)22/h4-5H,6-7H2,1-3H3,(H,23,28)(H,26,27). The van der Waals surface area contributed by atoms with Crippen molar-refractivity contribution in [2.24, 2.45) is 0 Å². The maximum Gasteiger partial charge on any atom is 0.243 e. The number of fused-ring (bicyclic) bond motifs is 1. The first kappa shape index (κ1) is 22.0. The molecule has 2 heterocycles. The van der Waals surface area contributed by atoms with Gasteiger partial charge in [0.25, 0.3) is 0 Å². The van der Waals surface area contributed by atoms with Gasteiger partial charge in [-0.1, -0.05) is 11.8 Å². The van der Waals surface area contributed by atoms with Crippen LogP contribution in [0.25, 0.3) is 10.2 Å². The molecule has 158 valence electrons. The number of hydrogen-bond acceptors (Lipinski definition) is 6. The average molecular weight is 454 g/mol. The van der Waals surface area contributed by atoms with E-state index >= 15 is 0 Å². The average Bonchev–Trinajstić information content (AvgIpc) is 2.98. The highest BCUT2D eigenvalue weighted by Crippen LogP contribution is 2.34. The van der Waals surface area contributed by atoms with Crippen LogP contribution in [0, 0.1) is 38.2 Å². The first-order chi connectivity index (χ1) is 14.2. The summed E-state index contributed by atoms with van der Waals surface area (Å²) in [5, 5.41) is 6.08. The number of thiophene rings is 1.